The minimum Gasteiger partial charge on any atom is -0.480 e. The van der Waals surface area contributed by atoms with Gasteiger partial charge in [-0.2, -0.15) is 11.8 Å². The molecule has 4 heteroatoms. The molecule has 1 atom stereocenters. The Kier molecular flexibility index (Phi) is 3.64. The van der Waals surface area contributed by atoms with E-state index in [9.17, 15) is 4.79 Å². The lowest BCUT2D eigenvalue weighted by atomic mass is 10.4. The van der Waals surface area contributed by atoms with Gasteiger partial charge in [0.1, 0.15) is 6.04 Å². The Bertz CT molecular complexity index is 86.1. The molecular formula is C4H8NO2S. The first-order chi connectivity index (χ1) is 3.68. The molecule has 0 aromatic carbocycles. The van der Waals surface area contributed by atoms with Crippen LogP contribution in [0.4, 0.5) is 0 Å². The molecule has 0 aliphatic carbocycles. The lowest BCUT2D eigenvalue weighted by Gasteiger charge is -1.99. The summed E-state index contributed by atoms with van der Waals surface area (Å²) in [7, 11) is 0. The molecule has 0 aromatic heterocycles. The Balaban J connectivity index is 3.32. The molecule has 1 radical (unpaired) electrons. The maximum Gasteiger partial charge on any atom is 0.321 e. The van der Waals surface area contributed by atoms with Crippen LogP contribution in [0.2, 0.25) is 0 Å². The van der Waals surface area contributed by atoms with Crippen molar-refractivity contribution in [3.05, 3.63) is 5.75 Å². The van der Waals surface area contributed by atoms with E-state index in [4.69, 9.17) is 10.8 Å². The number of nitrogens with two attached hydrogens (primary N) is 1. The first-order valence-electron chi connectivity index (χ1n) is 2.03. The Morgan fingerprint density at radius 1 is 2.00 bits per heavy atom. The Morgan fingerprint density at radius 3 is 2.62 bits per heavy atom. The molecule has 0 aliphatic heterocycles. The molecule has 0 aliphatic rings. The predicted molar refractivity (Wildman–Crippen MR) is 33.4 cm³/mol. The van der Waals surface area contributed by atoms with Crippen LogP contribution in [-0.4, -0.2) is 23.4 Å². The summed E-state index contributed by atoms with van der Waals surface area (Å²) >= 11 is 1.31. The van der Waals surface area contributed by atoms with E-state index in [1.54, 1.807) is 6.26 Å². The van der Waals surface area contributed by atoms with Crippen molar-refractivity contribution in [3.63, 3.8) is 0 Å². The summed E-state index contributed by atoms with van der Waals surface area (Å²) in [6.07, 6.45) is 1.77. The summed E-state index contributed by atoms with van der Waals surface area (Å²) in [5, 5.41) is 8.14. The lowest BCUT2D eigenvalue weighted by Crippen LogP contribution is -2.29. The van der Waals surface area contributed by atoms with Crippen molar-refractivity contribution >= 4 is 17.7 Å². The van der Waals surface area contributed by atoms with Gasteiger partial charge in [0.25, 0.3) is 0 Å². The summed E-state index contributed by atoms with van der Waals surface area (Å²) in [6.45, 7) is 0. The molecular weight excluding hydrogens is 126 g/mol. The van der Waals surface area contributed by atoms with E-state index in [1.165, 1.54) is 17.5 Å². The molecule has 0 aromatic rings. The Labute approximate surface area is 52.3 Å². The Hall–Kier alpha value is -0.220. The standard InChI is InChI=1S/C4H8NO2S/c1-8-2-3(5)4(6)7/h2-3H,5H2,1H3,(H,6,7). The maximum absolute atomic E-state index is 9.92. The fraction of sp³-hybridized carbons (Fsp3) is 0.500. The van der Waals surface area contributed by atoms with Crippen molar-refractivity contribution in [2.24, 2.45) is 5.73 Å². The van der Waals surface area contributed by atoms with E-state index in [-0.39, 0.29) is 0 Å². The molecule has 0 rings (SSSR count). The third-order valence-electron chi connectivity index (χ3n) is 0.568. The van der Waals surface area contributed by atoms with Crippen LogP contribution in [0.5, 0.6) is 0 Å². The van der Waals surface area contributed by atoms with Crippen molar-refractivity contribution < 1.29 is 9.90 Å². The molecule has 8 heavy (non-hydrogen) atoms. The number of rotatable bonds is 3. The Morgan fingerprint density at radius 2 is 2.50 bits per heavy atom. The zero-order valence-electron chi connectivity index (χ0n) is 4.50. The van der Waals surface area contributed by atoms with Crippen LogP contribution in [0, 0.1) is 5.75 Å². The van der Waals surface area contributed by atoms with Gasteiger partial charge in [-0.3, -0.25) is 4.79 Å². The number of carboxylic acid groups (broad SMARTS) is 1. The highest BCUT2D eigenvalue weighted by atomic mass is 32.2. The second-order valence-electron chi connectivity index (χ2n) is 1.24. The first kappa shape index (κ1) is 7.78. The van der Waals surface area contributed by atoms with Crippen LogP contribution in [0.25, 0.3) is 0 Å². The largest absolute Gasteiger partial charge is 0.480 e. The average Bonchev–Trinajstić information content (AvgIpc) is 1.67. The van der Waals surface area contributed by atoms with Crippen molar-refractivity contribution in [1.29, 1.82) is 0 Å². The van der Waals surface area contributed by atoms with Gasteiger partial charge in [0.2, 0.25) is 0 Å². The zero-order chi connectivity index (χ0) is 6.57. The molecule has 0 bridgehead atoms. The van der Waals surface area contributed by atoms with Crippen molar-refractivity contribution in [3.8, 4) is 0 Å². The molecule has 3 N–H and O–H groups in total. The summed E-state index contributed by atoms with van der Waals surface area (Å²) < 4.78 is 0. The highest BCUT2D eigenvalue weighted by molar-refractivity contribution is 8.00. The van der Waals surface area contributed by atoms with Gasteiger partial charge in [0.15, 0.2) is 0 Å². The normalized spacial score (nSPS) is 13.2. The van der Waals surface area contributed by atoms with Gasteiger partial charge in [0.05, 0.1) is 0 Å². The number of carboxylic acids is 1. The SMILES string of the molecule is CS[CH]C(N)C(=O)O. The monoisotopic (exact) mass is 134 g/mol. The molecule has 0 amide bonds. The van der Waals surface area contributed by atoms with Crippen LogP contribution in [0.15, 0.2) is 0 Å². The number of thioether (sulfide) groups is 1. The molecule has 0 fully saturated rings. The summed E-state index contributed by atoms with van der Waals surface area (Å²) in [6, 6.07) is -0.829. The first-order valence-corrected chi connectivity index (χ1v) is 3.31. The minimum absolute atomic E-state index is 0.829. The third-order valence-corrected chi connectivity index (χ3v) is 1.13. The van der Waals surface area contributed by atoms with Crippen molar-refractivity contribution in [2.75, 3.05) is 6.26 Å². The van der Waals surface area contributed by atoms with Gasteiger partial charge in [0, 0.05) is 5.75 Å². The molecule has 0 saturated carbocycles. The molecule has 0 saturated heterocycles. The molecule has 0 spiro atoms. The number of aliphatic carboxylic acids is 1. The number of carbonyl (C=O) groups is 1. The third kappa shape index (κ3) is 2.87. The van der Waals surface area contributed by atoms with E-state index in [0.29, 0.717) is 0 Å². The van der Waals surface area contributed by atoms with Gasteiger partial charge in [-0.15, -0.1) is 0 Å². The summed E-state index contributed by atoms with van der Waals surface area (Å²) in [5.74, 6) is 0.474. The maximum atomic E-state index is 9.92. The van der Waals surface area contributed by atoms with E-state index in [1.807, 2.05) is 0 Å². The molecule has 1 unspecified atom stereocenters. The van der Waals surface area contributed by atoms with Crippen LogP contribution in [0.3, 0.4) is 0 Å². The zero-order valence-corrected chi connectivity index (χ0v) is 5.31. The van der Waals surface area contributed by atoms with Gasteiger partial charge in [-0.05, 0) is 6.26 Å². The van der Waals surface area contributed by atoms with Crippen LogP contribution >= 0.6 is 11.8 Å². The quantitative estimate of drug-likeness (QED) is 0.567. The van der Waals surface area contributed by atoms with Crippen LogP contribution < -0.4 is 5.73 Å². The second kappa shape index (κ2) is 3.74. The van der Waals surface area contributed by atoms with E-state index in [0.717, 1.165) is 0 Å². The second-order valence-corrected chi connectivity index (χ2v) is 1.98. The highest BCUT2D eigenvalue weighted by Gasteiger charge is 2.08. The molecule has 0 heterocycles. The predicted octanol–water partition coefficient (Wildman–Crippen LogP) is -0.0769. The van der Waals surface area contributed by atoms with Crippen LogP contribution in [-0.2, 0) is 4.79 Å². The van der Waals surface area contributed by atoms with Gasteiger partial charge in [-0.1, -0.05) is 0 Å². The number of hydrogen-bond acceptors (Lipinski definition) is 3. The fourth-order valence-electron chi connectivity index (χ4n) is 0.205. The summed E-state index contributed by atoms with van der Waals surface area (Å²) in [4.78, 5) is 9.92. The van der Waals surface area contributed by atoms with Crippen LogP contribution in [0.1, 0.15) is 0 Å². The smallest absolute Gasteiger partial charge is 0.321 e. The average molecular weight is 134 g/mol. The minimum atomic E-state index is -0.987. The van der Waals surface area contributed by atoms with E-state index < -0.39 is 12.0 Å². The summed E-state index contributed by atoms with van der Waals surface area (Å²) in [5.41, 5.74) is 5.05. The fourth-order valence-corrected chi connectivity index (χ4v) is 0.614. The van der Waals surface area contributed by atoms with Gasteiger partial charge < -0.3 is 10.8 Å². The topological polar surface area (TPSA) is 63.3 Å². The van der Waals surface area contributed by atoms with Crippen molar-refractivity contribution in [2.45, 2.75) is 6.04 Å². The van der Waals surface area contributed by atoms with Gasteiger partial charge in [-0.25, -0.2) is 0 Å². The number of hydrogen-bond donors (Lipinski definition) is 2. The highest BCUT2D eigenvalue weighted by Crippen LogP contribution is 2.00. The van der Waals surface area contributed by atoms with Gasteiger partial charge >= 0.3 is 5.97 Å². The van der Waals surface area contributed by atoms with Crippen molar-refractivity contribution in [1.82, 2.24) is 0 Å². The van der Waals surface area contributed by atoms with E-state index in [2.05, 4.69) is 0 Å². The molecule has 3 nitrogen and oxygen atoms in total. The molecule has 47 valence electrons. The lowest BCUT2D eigenvalue weighted by molar-refractivity contribution is -0.137. The van der Waals surface area contributed by atoms with E-state index >= 15 is 0 Å².